The number of para-hydroxylation sites is 5. The van der Waals surface area contributed by atoms with Crippen LogP contribution in [-0.2, 0) is 0 Å². The molecule has 0 saturated heterocycles. The van der Waals surface area contributed by atoms with Gasteiger partial charge in [-0.1, -0.05) is 146 Å². The van der Waals surface area contributed by atoms with Crippen molar-refractivity contribution in [2.24, 2.45) is 5.92 Å². The Morgan fingerprint density at radius 1 is 0.288 bits per heavy atom. The van der Waals surface area contributed by atoms with E-state index in [-0.39, 0.29) is 0 Å². The summed E-state index contributed by atoms with van der Waals surface area (Å²) in [7, 11) is 0. The SMILES string of the molecule is CC1C=CC(N(c2ccccc2)c2ccc(N(c3ccccc3)c3ccc(-c4ccc(N(C5=CCC=C(N(c6ccccc6)c6ccccc6)C=C5)c5ccccc5)cc4)cc3)cc2)=CC1. The van der Waals surface area contributed by atoms with Gasteiger partial charge in [0.1, 0.15) is 0 Å². The van der Waals surface area contributed by atoms with E-state index in [9.17, 15) is 0 Å². The summed E-state index contributed by atoms with van der Waals surface area (Å²) >= 11 is 0. The van der Waals surface area contributed by atoms with Gasteiger partial charge in [0.15, 0.2) is 0 Å². The maximum absolute atomic E-state index is 2.35. The summed E-state index contributed by atoms with van der Waals surface area (Å²) in [6.45, 7) is 2.26. The monoisotopic (exact) mass is 852 g/mol. The Balaban J connectivity index is 0.919. The van der Waals surface area contributed by atoms with Crippen LogP contribution in [0.25, 0.3) is 11.1 Å². The van der Waals surface area contributed by atoms with Crippen molar-refractivity contribution in [1.29, 1.82) is 0 Å². The molecule has 0 bridgehead atoms. The Hall–Kier alpha value is -8.34. The molecule has 0 saturated carbocycles. The molecular weight excluding hydrogens is 801 g/mol. The van der Waals surface area contributed by atoms with Crippen molar-refractivity contribution in [3.8, 4) is 11.1 Å². The van der Waals surface area contributed by atoms with E-state index in [2.05, 4.69) is 294 Å². The lowest BCUT2D eigenvalue weighted by atomic mass is 10.0. The number of benzene rings is 8. The highest BCUT2D eigenvalue weighted by Crippen LogP contribution is 2.40. The predicted molar refractivity (Wildman–Crippen MR) is 280 cm³/mol. The van der Waals surface area contributed by atoms with Gasteiger partial charge in [-0.15, -0.1) is 0 Å². The van der Waals surface area contributed by atoms with Gasteiger partial charge in [0, 0.05) is 68.3 Å². The van der Waals surface area contributed by atoms with E-state index in [1.807, 2.05) is 0 Å². The lowest BCUT2D eigenvalue weighted by molar-refractivity contribution is 0.728. The molecule has 0 aliphatic heterocycles. The van der Waals surface area contributed by atoms with E-state index in [0.717, 1.165) is 86.5 Å². The first kappa shape index (κ1) is 41.7. The molecule has 320 valence electrons. The first-order chi connectivity index (χ1) is 32.7. The summed E-state index contributed by atoms with van der Waals surface area (Å²) in [6.07, 6.45) is 17.8. The summed E-state index contributed by atoms with van der Waals surface area (Å²) in [5.74, 6) is 0.543. The molecule has 0 heterocycles. The zero-order chi connectivity index (χ0) is 44.5. The van der Waals surface area contributed by atoms with Crippen molar-refractivity contribution in [3.63, 3.8) is 0 Å². The summed E-state index contributed by atoms with van der Waals surface area (Å²) in [6, 6.07) is 79.9. The Kier molecular flexibility index (Phi) is 12.4. The topological polar surface area (TPSA) is 13.0 Å². The number of hydrogen-bond acceptors (Lipinski definition) is 4. The molecule has 2 aliphatic carbocycles. The zero-order valence-corrected chi connectivity index (χ0v) is 37.2. The van der Waals surface area contributed by atoms with Gasteiger partial charge in [-0.2, -0.15) is 0 Å². The van der Waals surface area contributed by atoms with E-state index in [1.54, 1.807) is 0 Å². The Bertz CT molecular complexity index is 2950. The van der Waals surface area contributed by atoms with Crippen molar-refractivity contribution in [2.45, 2.75) is 19.8 Å². The minimum absolute atomic E-state index is 0.543. The van der Waals surface area contributed by atoms with Crippen LogP contribution in [0.2, 0.25) is 0 Å². The van der Waals surface area contributed by atoms with Crippen LogP contribution in [0.3, 0.4) is 0 Å². The van der Waals surface area contributed by atoms with E-state index in [0.29, 0.717) is 5.92 Å². The number of rotatable bonds is 13. The lowest BCUT2D eigenvalue weighted by Gasteiger charge is -2.30. The Morgan fingerprint density at radius 3 is 0.879 bits per heavy atom. The zero-order valence-electron chi connectivity index (χ0n) is 37.2. The second-order valence-electron chi connectivity index (χ2n) is 16.7. The number of hydrogen-bond donors (Lipinski definition) is 0. The fourth-order valence-corrected chi connectivity index (χ4v) is 8.85. The summed E-state index contributed by atoms with van der Waals surface area (Å²) < 4.78 is 0. The molecule has 0 amide bonds. The van der Waals surface area contributed by atoms with Gasteiger partial charge in [-0.3, -0.25) is 0 Å². The van der Waals surface area contributed by atoms with Crippen LogP contribution in [0.15, 0.2) is 284 Å². The van der Waals surface area contributed by atoms with Crippen molar-refractivity contribution in [2.75, 3.05) is 19.6 Å². The van der Waals surface area contributed by atoms with Gasteiger partial charge in [0.25, 0.3) is 0 Å². The van der Waals surface area contributed by atoms with Gasteiger partial charge in [0.2, 0.25) is 0 Å². The smallest absolute Gasteiger partial charge is 0.0463 e. The van der Waals surface area contributed by atoms with Crippen molar-refractivity contribution in [3.05, 3.63) is 284 Å². The quantitative estimate of drug-likeness (QED) is 0.115. The van der Waals surface area contributed by atoms with Gasteiger partial charge in [-0.05, 0) is 157 Å². The van der Waals surface area contributed by atoms with Crippen LogP contribution in [-0.4, -0.2) is 0 Å². The van der Waals surface area contributed by atoms with E-state index < -0.39 is 0 Å². The lowest BCUT2D eigenvalue weighted by Crippen LogP contribution is -2.17. The molecule has 4 heteroatoms. The third-order valence-electron chi connectivity index (χ3n) is 12.2. The number of anilines is 9. The molecule has 0 N–H and O–H groups in total. The number of nitrogens with zero attached hydrogens (tertiary/aromatic N) is 4. The molecule has 2 aliphatic rings. The van der Waals surface area contributed by atoms with Crippen molar-refractivity contribution >= 4 is 51.2 Å². The molecule has 0 radical (unpaired) electrons. The van der Waals surface area contributed by atoms with Crippen LogP contribution < -0.4 is 19.6 Å². The minimum atomic E-state index is 0.543. The van der Waals surface area contributed by atoms with E-state index in [1.165, 1.54) is 5.70 Å². The molecule has 66 heavy (non-hydrogen) atoms. The molecular formula is C62H52N4. The first-order valence-corrected chi connectivity index (χ1v) is 22.9. The standard InChI is InChI=1S/C62H52N4/c1-48-30-36-58(37-31-48)65(54-24-13-5-14-25-54)61-44-46-62(47-45-61)66(55-26-15-6-16-27-55)60-40-34-50(35-41-60)49-32-38-59(39-33-49)64(53-22-11-4-12-23-53)57-29-17-28-56(42-43-57)63(51-18-7-2-8-19-51)52-20-9-3-10-21-52/h2-16,18-30,32-48H,17,31H2,1H3. The third-order valence-corrected chi connectivity index (χ3v) is 12.2. The molecule has 1 atom stereocenters. The molecule has 1 unspecified atom stereocenters. The third kappa shape index (κ3) is 9.17. The predicted octanol–water partition coefficient (Wildman–Crippen LogP) is 17.1. The van der Waals surface area contributed by atoms with E-state index >= 15 is 0 Å². The Morgan fingerprint density at radius 2 is 0.561 bits per heavy atom. The number of allylic oxidation sites excluding steroid dienone is 7. The summed E-state index contributed by atoms with van der Waals surface area (Å²) in [4.78, 5) is 9.35. The molecule has 8 aromatic rings. The van der Waals surface area contributed by atoms with Crippen molar-refractivity contribution in [1.82, 2.24) is 0 Å². The second kappa shape index (κ2) is 19.6. The normalized spacial score (nSPS) is 14.3. The molecule has 4 nitrogen and oxygen atoms in total. The van der Waals surface area contributed by atoms with Gasteiger partial charge >= 0.3 is 0 Å². The molecule has 8 aromatic carbocycles. The van der Waals surface area contributed by atoms with Crippen LogP contribution >= 0.6 is 0 Å². The first-order valence-electron chi connectivity index (χ1n) is 22.9. The highest BCUT2D eigenvalue weighted by atomic mass is 15.2. The highest BCUT2D eigenvalue weighted by molar-refractivity contribution is 5.81. The molecule has 10 rings (SSSR count). The van der Waals surface area contributed by atoms with Crippen LogP contribution in [0.5, 0.6) is 0 Å². The second-order valence-corrected chi connectivity index (χ2v) is 16.7. The van der Waals surface area contributed by atoms with Crippen LogP contribution in [0.4, 0.5) is 51.2 Å². The Labute approximate surface area is 390 Å². The minimum Gasteiger partial charge on any atom is -0.311 e. The maximum atomic E-state index is 2.35. The molecule has 0 spiro atoms. The van der Waals surface area contributed by atoms with Crippen LogP contribution in [0.1, 0.15) is 19.8 Å². The largest absolute Gasteiger partial charge is 0.311 e. The van der Waals surface area contributed by atoms with Gasteiger partial charge in [0.05, 0.1) is 0 Å². The molecule has 0 aromatic heterocycles. The summed E-state index contributed by atoms with van der Waals surface area (Å²) in [5.41, 5.74) is 15.8. The average molecular weight is 853 g/mol. The highest BCUT2D eigenvalue weighted by Gasteiger charge is 2.20. The molecule has 0 fully saturated rings. The average Bonchev–Trinajstić information content (AvgIpc) is 3.63. The van der Waals surface area contributed by atoms with Gasteiger partial charge < -0.3 is 19.6 Å². The maximum Gasteiger partial charge on any atom is 0.0463 e. The fourth-order valence-electron chi connectivity index (χ4n) is 8.85. The van der Waals surface area contributed by atoms with Crippen molar-refractivity contribution < 1.29 is 0 Å². The van der Waals surface area contributed by atoms with Crippen LogP contribution in [0, 0.1) is 5.92 Å². The van der Waals surface area contributed by atoms with E-state index in [4.69, 9.17) is 0 Å². The van der Waals surface area contributed by atoms with Gasteiger partial charge in [-0.25, -0.2) is 0 Å². The summed E-state index contributed by atoms with van der Waals surface area (Å²) in [5, 5.41) is 0. The fraction of sp³-hybridized carbons (Fsp3) is 0.0645.